The molecule has 0 bridgehead atoms. The van der Waals surface area contributed by atoms with Crippen LogP contribution in [0.5, 0.6) is 0 Å². The molecule has 2 heterocycles. The molecule has 0 aliphatic rings. The summed E-state index contributed by atoms with van der Waals surface area (Å²) in [5.74, 6) is 0.184. The van der Waals surface area contributed by atoms with Gasteiger partial charge >= 0.3 is 0 Å². The lowest BCUT2D eigenvalue weighted by Crippen LogP contribution is -2.30. The highest BCUT2D eigenvalue weighted by Gasteiger charge is 2.28. The van der Waals surface area contributed by atoms with Gasteiger partial charge in [0.05, 0.1) is 33.7 Å². The van der Waals surface area contributed by atoms with Crippen LogP contribution in [0.15, 0.2) is 75.3 Å². The molecule has 10 nitrogen and oxygen atoms in total. The summed E-state index contributed by atoms with van der Waals surface area (Å²) in [4.78, 5) is 18.8. The predicted molar refractivity (Wildman–Crippen MR) is 121 cm³/mol. The number of nitrogens with two attached hydrogens (primary N) is 1. The number of fused-ring (bicyclic) bond motifs is 1. The molecule has 0 amide bonds. The Morgan fingerprint density at radius 2 is 1.81 bits per heavy atom. The van der Waals surface area contributed by atoms with E-state index in [1.165, 1.54) is 34.5 Å². The van der Waals surface area contributed by atoms with Crippen LogP contribution in [0.2, 0.25) is 0 Å². The number of non-ortho nitro benzene ring substituents is 1. The fourth-order valence-corrected chi connectivity index (χ4v) is 4.95. The molecule has 2 N–H and O–H groups in total. The number of nitrogen functional groups attached to an aromatic ring is 1. The van der Waals surface area contributed by atoms with Gasteiger partial charge in [0, 0.05) is 17.7 Å². The van der Waals surface area contributed by atoms with Gasteiger partial charge in [-0.15, -0.1) is 0 Å². The molecule has 0 saturated heterocycles. The third-order valence-electron chi connectivity index (χ3n) is 4.69. The van der Waals surface area contributed by atoms with Crippen LogP contribution in [0.3, 0.4) is 0 Å². The maximum absolute atomic E-state index is 13.5. The summed E-state index contributed by atoms with van der Waals surface area (Å²) in [6.07, 6.45) is 3.21. The van der Waals surface area contributed by atoms with Crippen molar-refractivity contribution in [2.24, 2.45) is 0 Å². The van der Waals surface area contributed by atoms with Gasteiger partial charge < -0.3 is 10.2 Å². The van der Waals surface area contributed by atoms with Crippen LogP contribution in [0.1, 0.15) is 5.56 Å². The highest BCUT2D eigenvalue weighted by molar-refractivity contribution is 7.98. The minimum Gasteiger partial charge on any atom is -0.446 e. The molecule has 0 spiro atoms. The molecule has 4 aromatic rings. The average Bonchev–Trinajstić information content (AvgIpc) is 3.21. The van der Waals surface area contributed by atoms with Crippen LogP contribution in [-0.2, 0) is 16.6 Å². The Kier molecular flexibility index (Phi) is 5.72. The minimum absolute atomic E-state index is 0.0892. The standard InChI is InChI=1S/C20H17N5O5S2/c1-31-20-22-18(21)17-13(12-30-19(17)23-20)11-24(14-5-3-2-4-6-14)32(28,29)16-9-7-15(8-10-16)25(26)27/h2-10,12H,11H2,1H3,(H2,21,22,23). The molecule has 0 aliphatic heterocycles. The van der Waals surface area contributed by atoms with Gasteiger partial charge in [0.1, 0.15) is 5.82 Å². The number of nitro benzene ring substituents is 1. The van der Waals surface area contributed by atoms with E-state index in [4.69, 9.17) is 10.2 Å². The SMILES string of the molecule is CSc1nc(N)c2c(CN(c3ccccc3)S(=O)(=O)c3ccc([N+](=O)[O-])cc3)coc2n1. The largest absolute Gasteiger partial charge is 0.446 e. The van der Waals surface area contributed by atoms with Gasteiger partial charge in [-0.05, 0) is 30.5 Å². The molecular formula is C20H17N5O5S2. The van der Waals surface area contributed by atoms with Gasteiger partial charge in [0.15, 0.2) is 5.16 Å². The van der Waals surface area contributed by atoms with E-state index in [0.29, 0.717) is 21.8 Å². The number of hydrogen-bond donors (Lipinski definition) is 1. The lowest BCUT2D eigenvalue weighted by atomic mass is 10.2. The smallest absolute Gasteiger partial charge is 0.269 e. The molecule has 4 rings (SSSR count). The number of anilines is 2. The molecule has 32 heavy (non-hydrogen) atoms. The maximum atomic E-state index is 13.5. The van der Waals surface area contributed by atoms with Gasteiger partial charge in [0.2, 0.25) is 5.71 Å². The van der Waals surface area contributed by atoms with E-state index < -0.39 is 14.9 Å². The summed E-state index contributed by atoms with van der Waals surface area (Å²) in [5, 5.41) is 11.8. The van der Waals surface area contributed by atoms with Crippen molar-refractivity contribution < 1.29 is 17.8 Å². The zero-order valence-electron chi connectivity index (χ0n) is 16.7. The predicted octanol–water partition coefficient (Wildman–Crippen LogP) is 3.83. The van der Waals surface area contributed by atoms with Crippen molar-refractivity contribution >= 4 is 50.1 Å². The second-order valence-electron chi connectivity index (χ2n) is 6.63. The van der Waals surface area contributed by atoms with Gasteiger partial charge in [-0.3, -0.25) is 14.4 Å². The second kappa shape index (κ2) is 8.48. The lowest BCUT2D eigenvalue weighted by molar-refractivity contribution is -0.384. The normalized spacial score (nSPS) is 11.5. The van der Waals surface area contributed by atoms with E-state index in [1.807, 2.05) is 0 Å². The van der Waals surface area contributed by atoms with Crippen molar-refractivity contribution in [3.05, 3.63) is 76.5 Å². The summed E-state index contributed by atoms with van der Waals surface area (Å²) in [6.45, 7) is -0.109. The number of sulfonamides is 1. The molecule has 2 aromatic heterocycles. The first-order chi connectivity index (χ1) is 15.3. The molecule has 0 fully saturated rings. The van der Waals surface area contributed by atoms with Crippen LogP contribution in [-0.4, -0.2) is 29.6 Å². The van der Waals surface area contributed by atoms with E-state index in [0.717, 1.165) is 12.1 Å². The first kappa shape index (κ1) is 21.6. The minimum atomic E-state index is -4.08. The monoisotopic (exact) mass is 471 g/mol. The molecule has 164 valence electrons. The van der Waals surface area contributed by atoms with Crippen molar-refractivity contribution in [2.75, 3.05) is 16.3 Å². The van der Waals surface area contributed by atoms with E-state index in [9.17, 15) is 18.5 Å². The Bertz CT molecular complexity index is 1390. The van der Waals surface area contributed by atoms with Gasteiger partial charge in [-0.25, -0.2) is 13.4 Å². The summed E-state index contributed by atoms with van der Waals surface area (Å²) in [6, 6.07) is 13.2. The van der Waals surface area contributed by atoms with E-state index in [1.54, 1.807) is 36.6 Å². The van der Waals surface area contributed by atoms with Crippen LogP contribution < -0.4 is 10.0 Å². The Morgan fingerprint density at radius 3 is 2.44 bits per heavy atom. The number of furan rings is 1. The Morgan fingerprint density at radius 1 is 1.12 bits per heavy atom. The summed E-state index contributed by atoms with van der Waals surface area (Å²) in [7, 11) is -4.08. The number of benzene rings is 2. The highest BCUT2D eigenvalue weighted by Crippen LogP contribution is 2.32. The first-order valence-corrected chi connectivity index (χ1v) is 11.9. The molecule has 0 unspecified atom stereocenters. The van der Waals surface area contributed by atoms with Gasteiger partial charge in [0.25, 0.3) is 15.7 Å². The van der Waals surface area contributed by atoms with Crippen molar-refractivity contribution in [3.63, 3.8) is 0 Å². The fraction of sp³-hybridized carbons (Fsp3) is 0.100. The fourth-order valence-electron chi connectivity index (χ4n) is 3.15. The zero-order chi connectivity index (χ0) is 22.9. The Hall–Kier alpha value is -3.64. The van der Waals surface area contributed by atoms with Crippen LogP contribution in [0.4, 0.5) is 17.2 Å². The number of rotatable bonds is 7. The van der Waals surface area contributed by atoms with Gasteiger partial charge in [-0.1, -0.05) is 30.0 Å². The summed E-state index contributed by atoms with van der Waals surface area (Å²) < 4.78 is 33.8. The number of hydrogen-bond acceptors (Lipinski definition) is 9. The third kappa shape index (κ3) is 3.97. The number of thioether (sulfide) groups is 1. The van der Waals surface area contributed by atoms with E-state index >= 15 is 0 Å². The molecular weight excluding hydrogens is 454 g/mol. The van der Waals surface area contributed by atoms with E-state index in [-0.39, 0.29) is 28.7 Å². The van der Waals surface area contributed by atoms with Crippen LogP contribution in [0.25, 0.3) is 11.1 Å². The molecule has 2 aromatic carbocycles. The van der Waals surface area contributed by atoms with Gasteiger partial charge in [-0.2, -0.15) is 4.98 Å². The average molecular weight is 472 g/mol. The second-order valence-corrected chi connectivity index (χ2v) is 9.27. The maximum Gasteiger partial charge on any atom is 0.269 e. The number of nitro groups is 1. The zero-order valence-corrected chi connectivity index (χ0v) is 18.3. The van der Waals surface area contributed by atoms with Crippen molar-refractivity contribution in [1.82, 2.24) is 9.97 Å². The molecule has 0 saturated carbocycles. The number of nitrogens with zero attached hydrogens (tertiary/aromatic N) is 4. The Labute approximate surface area is 187 Å². The molecule has 12 heteroatoms. The summed E-state index contributed by atoms with van der Waals surface area (Å²) in [5.41, 5.74) is 7.05. The topological polar surface area (TPSA) is 145 Å². The Balaban J connectivity index is 1.81. The highest BCUT2D eigenvalue weighted by atomic mass is 32.2. The van der Waals surface area contributed by atoms with Crippen molar-refractivity contribution in [1.29, 1.82) is 0 Å². The third-order valence-corrected chi connectivity index (χ3v) is 7.03. The number of para-hydroxylation sites is 1. The van der Waals surface area contributed by atoms with Crippen molar-refractivity contribution in [3.8, 4) is 0 Å². The van der Waals surface area contributed by atoms with Crippen LogP contribution >= 0.6 is 11.8 Å². The first-order valence-electron chi connectivity index (χ1n) is 9.21. The lowest BCUT2D eigenvalue weighted by Gasteiger charge is -2.24. The molecule has 0 atom stereocenters. The summed E-state index contributed by atoms with van der Waals surface area (Å²) >= 11 is 1.31. The molecule has 0 radical (unpaired) electrons. The van der Waals surface area contributed by atoms with Crippen molar-refractivity contribution in [2.45, 2.75) is 16.6 Å². The molecule has 0 aliphatic carbocycles. The van der Waals surface area contributed by atoms with E-state index in [2.05, 4.69) is 9.97 Å². The van der Waals surface area contributed by atoms with Crippen LogP contribution in [0, 0.1) is 10.1 Å². The quantitative estimate of drug-likeness (QED) is 0.184. The number of aromatic nitrogens is 2.